The number of fused-ring (bicyclic) bond motifs is 1. The van der Waals surface area contributed by atoms with Crippen molar-refractivity contribution < 1.29 is 9.78 Å². The summed E-state index contributed by atoms with van der Waals surface area (Å²) in [5, 5.41) is 4.04. The molecule has 0 aliphatic heterocycles. The number of benzene rings is 2. The number of H-pyrrole nitrogens is 1. The summed E-state index contributed by atoms with van der Waals surface area (Å²) in [6, 6.07) is 15.9. The van der Waals surface area contributed by atoms with Crippen molar-refractivity contribution in [3.8, 4) is 18.0 Å². The van der Waals surface area contributed by atoms with Crippen LogP contribution >= 0.6 is 0 Å². The molecule has 2 aromatic heterocycles. The largest absolute Gasteiger partial charge is 0.342 e. The summed E-state index contributed by atoms with van der Waals surface area (Å²) in [7, 11) is 0. The third-order valence-electron chi connectivity index (χ3n) is 5.02. The second kappa shape index (κ2) is 8.13. The van der Waals surface area contributed by atoms with Gasteiger partial charge in [-0.05, 0) is 36.6 Å². The van der Waals surface area contributed by atoms with Crippen molar-refractivity contribution >= 4 is 22.5 Å². The predicted molar refractivity (Wildman–Crippen MR) is 119 cm³/mol. The van der Waals surface area contributed by atoms with E-state index in [1.165, 1.54) is 12.4 Å². The van der Waals surface area contributed by atoms with E-state index in [1.54, 1.807) is 23.6 Å². The molecule has 0 saturated heterocycles. The van der Waals surface area contributed by atoms with Crippen molar-refractivity contribution in [3.05, 3.63) is 94.3 Å². The lowest BCUT2D eigenvalue weighted by Crippen LogP contribution is -2.34. The Bertz CT molecular complexity index is 1390. The first kappa shape index (κ1) is 19.9. The molecule has 1 amide bonds. The van der Waals surface area contributed by atoms with Crippen molar-refractivity contribution in [1.29, 1.82) is 0 Å². The van der Waals surface area contributed by atoms with Gasteiger partial charge in [0, 0.05) is 16.9 Å². The molecule has 0 spiro atoms. The number of nitrogens with two attached hydrogens (primary N) is 1. The Balaban J connectivity index is 1.89. The Morgan fingerprint density at radius 1 is 1.23 bits per heavy atom. The van der Waals surface area contributed by atoms with E-state index in [0.717, 1.165) is 0 Å². The van der Waals surface area contributed by atoms with Crippen LogP contribution in [-0.2, 0) is 0 Å². The number of para-hydroxylation sites is 1. The number of pyridine rings is 1. The number of aromatic nitrogens is 3. The quantitative estimate of drug-likeness (QED) is 0.504. The number of hydrogen-bond acceptors (Lipinski definition) is 4. The molecule has 7 heteroatoms. The van der Waals surface area contributed by atoms with E-state index in [0.29, 0.717) is 27.7 Å². The molecule has 7 nitrogen and oxygen atoms in total. The van der Waals surface area contributed by atoms with Crippen LogP contribution in [0.1, 0.15) is 34.7 Å². The molecule has 2 heterocycles. The second-order valence-corrected chi connectivity index (χ2v) is 7.01. The number of anilines is 1. The SMILES string of the molecule is C#Cc1cccc2cc(C(C)NC(=O)c3ncc[nH+]c3N)n(-c3ccccc3)c(=O)c12. The van der Waals surface area contributed by atoms with Crippen LogP contribution in [0.4, 0.5) is 5.82 Å². The second-order valence-electron chi connectivity index (χ2n) is 7.01. The normalized spacial score (nSPS) is 11.6. The first-order valence-corrected chi connectivity index (χ1v) is 9.65. The molecule has 1 unspecified atom stereocenters. The summed E-state index contributed by atoms with van der Waals surface area (Å²) in [5.41, 5.74) is 7.46. The van der Waals surface area contributed by atoms with Crippen molar-refractivity contribution in [2.45, 2.75) is 13.0 Å². The molecule has 4 rings (SSSR count). The Morgan fingerprint density at radius 3 is 2.71 bits per heavy atom. The first-order chi connectivity index (χ1) is 15.0. The zero-order chi connectivity index (χ0) is 22.0. The third-order valence-corrected chi connectivity index (χ3v) is 5.02. The maximum Gasteiger partial charge on any atom is 0.302 e. The molecule has 0 saturated carbocycles. The van der Waals surface area contributed by atoms with Gasteiger partial charge in [0.2, 0.25) is 5.69 Å². The molecule has 0 fully saturated rings. The fourth-order valence-electron chi connectivity index (χ4n) is 3.56. The average molecular weight is 410 g/mol. The number of carbonyl (C=O) groups excluding carboxylic acids is 1. The molecule has 2 aromatic carbocycles. The fraction of sp³-hybridized carbons (Fsp3) is 0.0833. The summed E-state index contributed by atoms with van der Waals surface area (Å²) in [5.74, 6) is 2.29. The molecule has 0 aliphatic rings. The highest BCUT2D eigenvalue weighted by Crippen LogP contribution is 2.23. The molecular formula is C24H20N5O2+. The van der Waals surface area contributed by atoms with Crippen molar-refractivity contribution in [3.63, 3.8) is 0 Å². The van der Waals surface area contributed by atoms with E-state index < -0.39 is 11.9 Å². The first-order valence-electron chi connectivity index (χ1n) is 9.65. The minimum absolute atomic E-state index is 0.0818. The number of amides is 1. The summed E-state index contributed by atoms with van der Waals surface area (Å²) in [6.45, 7) is 1.80. The molecule has 31 heavy (non-hydrogen) atoms. The van der Waals surface area contributed by atoms with Crippen LogP contribution in [-0.4, -0.2) is 15.5 Å². The number of aromatic amines is 1. The van der Waals surface area contributed by atoms with Gasteiger partial charge < -0.3 is 5.32 Å². The zero-order valence-electron chi connectivity index (χ0n) is 16.8. The van der Waals surface area contributed by atoms with Gasteiger partial charge in [-0.1, -0.05) is 36.3 Å². The molecule has 152 valence electrons. The van der Waals surface area contributed by atoms with Crippen molar-refractivity contribution in [2.75, 3.05) is 5.73 Å². The van der Waals surface area contributed by atoms with Gasteiger partial charge in [-0.2, -0.15) is 0 Å². The van der Waals surface area contributed by atoms with Gasteiger partial charge in [0.15, 0.2) is 0 Å². The standard InChI is InChI=1S/C24H19N5O2/c1-3-16-8-7-9-17-14-19(15(2)28-23(30)21-22(25)27-13-12-26-21)29(24(31)20(16)17)18-10-5-4-6-11-18/h1,4-15H,2H3,(H2,25,27)(H,28,30)/p+1. The van der Waals surface area contributed by atoms with Gasteiger partial charge in [-0.15, -0.1) is 6.42 Å². The minimum Gasteiger partial charge on any atom is -0.342 e. The zero-order valence-corrected chi connectivity index (χ0v) is 16.8. The number of nitrogens with zero attached hydrogens (tertiary/aromatic N) is 2. The maximum absolute atomic E-state index is 13.6. The Hall–Kier alpha value is -4.44. The van der Waals surface area contributed by atoms with Crippen LogP contribution in [0.15, 0.2) is 71.8 Å². The number of carbonyl (C=O) groups is 1. The molecule has 4 N–H and O–H groups in total. The highest BCUT2D eigenvalue weighted by atomic mass is 16.2. The van der Waals surface area contributed by atoms with Crippen LogP contribution in [0.25, 0.3) is 16.5 Å². The number of hydrogen-bond donors (Lipinski definition) is 2. The number of rotatable bonds is 4. The monoisotopic (exact) mass is 410 g/mol. The predicted octanol–water partition coefficient (Wildman–Crippen LogP) is 2.25. The topological polar surface area (TPSA) is 104 Å². The lowest BCUT2D eigenvalue weighted by molar-refractivity contribution is -0.361. The van der Waals surface area contributed by atoms with Crippen LogP contribution in [0.5, 0.6) is 0 Å². The summed E-state index contributed by atoms with van der Waals surface area (Å²) in [6.07, 6.45) is 8.63. The van der Waals surface area contributed by atoms with Gasteiger partial charge >= 0.3 is 5.82 Å². The van der Waals surface area contributed by atoms with E-state index in [-0.39, 0.29) is 17.1 Å². The molecule has 0 aliphatic carbocycles. The fourth-order valence-corrected chi connectivity index (χ4v) is 3.56. The van der Waals surface area contributed by atoms with Gasteiger partial charge in [-0.25, -0.2) is 9.97 Å². The highest BCUT2D eigenvalue weighted by molar-refractivity contribution is 5.96. The van der Waals surface area contributed by atoms with Crippen LogP contribution in [0, 0.1) is 12.3 Å². The number of terminal acetylenes is 1. The van der Waals surface area contributed by atoms with Crippen LogP contribution < -0.4 is 21.6 Å². The van der Waals surface area contributed by atoms with Gasteiger partial charge in [-0.3, -0.25) is 19.9 Å². The summed E-state index contributed by atoms with van der Waals surface area (Å²) >= 11 is 0. The van der Waals surface area contributed by atoms with Crippen LogP contribution in [0.2, 0.25) is 0 Å². The van der Waals surface area contributed by atoms with Crippen molar-refractivity contribution in [2.24, 2.45) is 0 Å². The molecule has 0 radical (unpaired) electrons. The molecule has 1 atom stereocenters. The van der Waals surface area contributed by atoms with Crippen LogP contribution in [0.3, 0.4) is 0 Å². The summed E-state index contributed by atoms with van der Waals surface area (Å²) in [4.78, 5) is 33.1. The average Bonchev–Trinajstić information content (AvgIpc) is 2.79. The van der Waals surface area contributed by atoms with E-state index in [1.807, 2.05) is 42.5 Å². The third kappa shape index (κ3) is 3.63. The van der Waals surface area contributed by atoms with Gasteiger partial charge in [0.1, 0.15) is 6.20 Å². The van der Waals surface area contributed by atoms with Gasteiger partial charge in [0.25, 0.3) is 11.5 Å². The Labute approximate surface area is 178 Å². The van der Waals surface area contributed by atoms with E-state index in [9.17, 15) is 9.59 Å². The molecule has 0 bridgehead atoms. The number of nitrogens with one attached hydrogen (secondary N) is 2. The Kier molecular flexibility index (Phi) is 5.21. The number of nitrogen functional groups attached to an aromatic ring is 1. The summed E-state index contributed by atoms with van der Waals surface area (Å²) < 4.78 is 1.57. The highest BCUT2D eigenvalue weighted by Gasteiger charge is 2.22. The lowest BCUT2D eigenvalue weighted by Gasteiger charge is -2.21. The van der Waals surface area contributed by atoms with E-state index in [4.69, 9.17) is 12.2 Å². The molecule has 4 aromatic rings. The van der Waals surface area contributed by atoms with E-state index >= 15 is 0 Å². The van der Waals surface area contributed by atoms with Gasteiger partial charge in [0.05, 0.1) is 17.6 Å². The Morgan fingerprint density at radius 2 is 2.00 bits per heavy atom. The maximum atomic E-state index is 13.6. The smallest absolute Gasteiger partial charge is 0.302 e. The lowest BCUT2D eigenvalue weighted by atomic mass is 10.0. The van der Waals surface area contributed by atoms with Crippen molar-refractivity contribution in [1.82, 2.24) is 14.9 Å². The minimum atomic E-state index is -0.527. The molecular weight excluding hydrogens is 390 g/mol. The van der Waals surface area contributed by atoms with E-state index in [2.05, 4.69) is 21.2 Å².